The average Bonchev–Trinajstić information content (AvgIpc) is 3.12. The summed E-state index contributed by atoms with van der Waals surface area (Å²) in [4.78, 5) is 36.7. The molecule has 7 nitrogen and oxygen atoms in total. The van der Waals surface area contributed by atoms with E-state index in [0.717, 1.165) is 0 Å². The third-order valence-electron chi connectivity index (χ3n) is 3.72. The molecule has 0 spiro atoms. The van der Waals surface area contributed by atoms with Gasteiger partial charge in [-0.05, 0) is 38.1 Å². The SMILES string of the molecule is COC(=O)c1ccccc1NC(=O)C(C)(C)C(=O)NCc1ccco1. The van der Waals surface area contributed by atoms with E-state index in [4.69, 9.17) is 9.15 Å². The van der Waals surface area contributed by atoms with E-state index in [0.29, 0.717) is 5.76 Å². The Labute approximate surface area is 145 Å². The number of hydrogen-bond donors (Lipinski definition) is 2. The Hall–Kier alpha value is -3.09. The molecule has 0 saturated carbocycles. The topological polar surface area (TPSA) is 97.6 Å². The van der Waals surface area contributed by atoms with Gasteiger partial charge in [-0.2, -0.15) is 0 Å². The Balaban J connectivity index is 2.08. The monoisotopic (exact) mass is 344 g/mol. The van der Waals surface area contributed by atoms with Gasteiger partial charge in [-0.15, -0.1) is 0 Å². The van der Waals surface area contributed by atoms with Gasteiger partial charge < -0.3 is 19.8 Å². The van der Waals surface area contributed by atoms with E-state index in [1.807, 2.05) is 0 Å². The van der Waals surface area contributed by atoms with Crippen LogP contribution in [0.5, 0.6) is 0 Å². The van der Waals surface area contributed by atoms with Crippen LogP contribution in [0, 0.1) is 5.41 Å². The van der Waals surface area contributed by atoms with Crippen LogP contribution in [0.25, 0.3) is 0 Å². The van der Waals surface area contributed by atoms with Gasteiger partial charge in [0, 0.05) is 0 Å². The first-order chi connectivity index (χ1) is 11.9. The second kappa shape index (κ2) is 7.65. The first kappa shape index (κ1) is 18.3. The van der Waals surface area contributed by atoms with Crippen LogP contribution >= 0.6 is 0 Å². The summed E-state index contributed by atoms with van der Waals surface area (Å²) >= 11 is 0. The smallest absolute Gasteiger partial charge is 0.339 e. The third-order valence-corrected chi connectivity index (χ3v) is 3.72. The predicted octanol–water partition coefficient (Wildman–Crippen LogP) is 2.35. The van der Waals surface area contributed by atoms with E-state index in [9.17, 15) is 14.4 Å². The number of carbonyl (C=O) groups excluding carboxylic acids is 3. The number of anilines is 1. The lowest BCUT2D eigenvalue weighted by Gasteiger charge is -2.23. The Morgan fingerprint density at radius 2 is 1.80 bits per heavy atom. The Bertz CT molecular complexity index is 766. The molecule has 25 heavy (non-hydrogen) atoms. The minimum absolute atomic E-state index is 0.182. The van der Waals surface area contributed by atoms with Crippen LogP contribution in [0.1, 0.15) is 30.0 Å². The molecule has 0 aliphatic carbocycles. The molecule has 0 atom stereocenters. The molecule has 2 rings (SSSR count). The molecule has 2 N–H and O–H groups in total. The van der Waals surface area contributed by atoms with E-state index in [1.165, 1.54) is 33.3 Å². The highest BCUT2D eigenvalue weighted by atomic mass is 16.5. The molecule has 1 heterocycles. The minimum Gasteiger partial charge on any atom is -0.467 e. The maximum atomic E-state index is 12.6. The van der Waals surface area contributed by atoms with Gasteiger partial charge in [0.15, 0.2) is 0 Å². The van der Waals surface area contributed by atoms with Gasteiger partial charge >= 0.3 is 5.97 Å². The maximum Gasteiger partial charge on any atom is 0.339 e. The zero-order valence-corrected chi connectivity index (χ0v) is 14.3. The zero-order valence-electron chi connectivity index (χ0n) is 14.3. The van der Waals surface area contributed by atoms with E-state index in [-0.39, 0.29) is 17.8 Å². The number of hydrogen-bond acceptors (Lipinski definition) is 5. The predicted molar refractivity (Wildman–Crippen MR) is 90.7 cm³/mol. The molecule has 2 amide bonds. The third kappa shape index (κ3) is 4.26. The van der Waals surface area contributed by atoms with Gasteiger partial charge in [-0.3, -0.25) is 9.59 Å². The first-order valence-electron chi connectivity index (χ1n) is 7.65. The fourth-order valence-electron chi connectivity index (χ4n) is 2.06. The minimum atomic E-state index is -1.35. The van der Waals surface area contributed by atoms with E-state index < -0.39 is 23.2 Å². The van der Waals surface area contributed by atoms with Crippen molar-refractivity contribution in [2.75, 3.05) is 12.4 Å². The molecule has 0 unspecified atom stereocenters. The molecular formula is C18H20N2O5. The van der Waals surface area contributed by atoms with E-state index in [1.54, 1.807) is 30.3 Å². The highest BCUT2D eigenvalue weighted by Gasteiger charge is 2.36. The molecule has 0 radical (unpaired) electrons. The number of amides is 2. The summed E-state index contributed by atoms with van der Waals surface area (Å²) in [5.41, 5.74) is -0.855. The number of nitrogens with one attached hydrogen (secondary N) is 2. The number of methoxy groups -OCH3 is 1. The second-order valence-corrected chi connectivity index (χ2v) is 5.88. The molecule has 0 aliphatic heterocycles. The van der Waals surface area contributed by atoms with Crippen LogP contribution in [0.2, 0.25) is 0 Å². The van der Waals surface area contributed by atoms with Crippen molar-refractivity contribution in [1.29, 1.82) is 0 Å². The summed E-state index contributed by atoms with van der Waals surface area (Å²) in [6, 6.07) is 9.87. The van der Waals surface area contributed by atoms with Crippen molar-refractivity contribution in [3.8, 4) is 0 Å². The fraction of sp³-hybridized carbons (Fsp3) is 0.278. The van der Waals surface area contributed by atoms with E-state index >= 15 is 0 Å². The maximum absolute atomic E-state index is 12.6. The lowest BCUT2D eigenvalue weighted by atomic mass is 9.90. The van der Waals surface area contributed by atoms with Crippen LogP contribution in [0.4, 0.5) is 5.69 Å². The van der Waals surface area contributed by atoms with Gasteiger partial charge in [0.25, 0.3) is 0 Å². The van der Waals surface area contributed by atoms with Gasteiger partial charge in [0.05, 0.1) is 31.2 Å². The average molecular weight is 344 g/mol. The van der Waals surface area contributed by atoms with Crippen molar-refractivity contribution < 1.29 is 23.5 Å². The molecule has 1 aromatic heterocycles. The number of esters is 1. The van der Waals surface area contributed by atoms with Gasteiger partial charge in [-0.1, -0.05) is 12.1 Å². The van der Waals surface area contributed by atoms with Crippen molar-refractivity contribution in [3.63, 3.8) is 0 Å². The molecule has 0 bridgehead atoms. The number of rotatable bonds is 6. The van der Waals surface area contributed by atoms with Crippen molar-refractivity contribution >= 4 is 23.5 Å². The summed E-state index contributed by atoms with van der Waals surface area (Å²) in [5.74, 6) is -0.991. The van der Waals surface area contributed by atoms with Crippen LogP contribution in [0.3, 0.4) is 0 Å². The van der Waals surface area contributed by atoms with Crippen molar-refractivity contribution in [1.82, 2.24) is 5.32 Å². The second-order valence-electron chi connectivity index (χ2n) is 5.88. The van der Waals surface area contributed by atoms with Crippen LogP contribution in [-0.2, 0) is 20.9 Å². The van der Waals surface area contributed by atoms with Crippen LogP contribution in [0.15, 0.2) is 47.1 Å². The van der Waals surface area contributed by atoms with Gasteiger partial charge in [0.1, 0.15) is 11.2 Å². The standard InChI is InChI=1S/C18H20N2O5/c1-18(2,16(22)19-11-12-7-6-10-25-12)17(23)20-14-9-5-4-8-13(14)15(21)24-3/h4-10H,11H2,1-3H3,(H,19,22)(H,20,23). The van der Waals surface area contributed by atoms with Crippen molar-refractivity contribution in [2.45, 2.75) is 20.4 Å². The zero-order chi connectivity index (χ0) is 18.4. The van der Waals surface area contributed by atoms with Crippen LogP contribution < -0.4 is 10.6 Å². The molecule has 2 aromatic rings. The molecule has 0 fully saturated rings. The summed E-state index contributed by atoms with van der Waals surface area (Å²) < 4.78 is 9.83. The number of para-hydroxylation sites is 1. The first-order valence-corrected chi connectivity index (χ1v) is 7.65. The number of carbonyl (C=O) groups is 3. The highest BCUT2D eigenvalue weighted by Crippen LogP contribution is 2.22. The summed E-state index contributed by atoms with van der Waals surface area (Å²) in [6.45, 7) is 3.18. The summed E-state index contributed by atoms with van der Waals surface area (Å²) in [5, 5.41) is 5.27. The number of furan rings is 1. The highest BCUT2D eigenvalue weighted by molar-refractivity contribution is 6.11. The molecule has 132 valence electrons. The Morgan fingerprint density at radius 3 is 2.44 bits per heavy atom. The Kier molecular flexibility index (Phi) is 5.59. The summed E-state index contributed by atoms with van der Waals surface area (Å²) in [7, 11) is 1.26. The van der Waals surface area contributed by atoms with Crippen molar-refractivity contribution in [3.05, 3.63) is 54.0 Å². The normalized spacial score (nSPS) is 10.8. The fourth-order valence-corrected chi connectivity index (χ4v) is 2.06. The lowest BCUT2D eigenvalue weighted by Crippen LogP contribution is -2.45. The molecule has 0 saturated heterocycles. The molecular weight excluding hydrogens is 324 g/mol. The van der Waals surface area contributed by atoms with Gasteiger partial charge in [0.2, 0.25) is 11.8 Å². The number of ether oxygens (including phenoxy) is 1. The van der Waals surface area contributed by atoms with E-state index in [2.05, 4.69) is 10.6 Å². The quantitative estimate of drug-likeness (QED) is 0.619. The molecule has 1 aromatic carbocycles. The van der Waals surface area contributed by atoms with Crippen LogP contribution in [-0.4, -0.2) is 24.9 Å². The molecule has 7 heteroatoms. The Morgan fingerprint density at radius 1 is 1.08 bits per heavy atom. The van der Waals surface area contributed by atoms with Gasteiger partial charge in [-0.25, -0.2) is 4.79 Å². The molecule has 0 aliphatic rings. The lowest BCUT2D eigenvalue weighted by molar-refractivity contribution is -0.138. The summed E-state index contributed by atoms with van der Waals surface area (Å²) in [6.07, 6.45) is 1.50. The van der Waals surface area contributed by atoms with Crippen molar-refractivity contribution in [2.24, 2.45) is 5.41 Å². The largest absolute Gasteiger partial charge is 0.467 e. The number of benzene rings is 1.